The lowest BCUT2D eigenvalue weighted by molar-refractivity contribution is -0.124. The number of carbonyl (C=O) groups is 2. The molecule has 1 amide bonds. The van der Waals surface area contributed by atoms with Crippen molar-refractivity contribution in [2.75, 3.05) is 13.2 Å². The number of hydrogen-bond donors (Lipinski definition) is 1. The number of amides is 1. The summed E-state index contributed by atoms with van der Waals surface area (Å²) in [6.45, 7) is -0.360. The number of para-hydroxylation sites is 1. The Morgan fingerprint density at radius 1 is 1.32 bits per heavy atom. The number of nitriles is 1. The topological polar surface area (TPSA) is 109 Å². The highest BCUT2D eigenvalue weighted by Gasteiger charge is 2.16. The standard InChI is InChI=1S/C15H12N2O5/c16-6-3-7-17-13(18)9-21-14(19)11-8-10-4-1-2-5-12(10)22-15(11)20/h1-2,4-5,8H,3,7,9H2,(H,17,18). The van der Waals surface area contributed by atoms with Crippen molar-refractivity contribution in [2.45, 2.75) is 6.42 Å². The maximum atomic E-state index is 11.8. The SMILES string of the molecule is N#CCCNC(=O)COC(=O)c1cc2ccccc2oc1=O. The first-order valence-corrected chi connectivity index (χ1v) is 6.45. The van der Waals surface area contributed by atoms with E-state index < -0.39 is 24.1 Å². The van der Waals surface area contributed by atoms with Crippen LogP contribution in [0.3, 0.4) is 0 Å². The van der Waals surface area contributed by atoms with Crippen molar-refractivity contribution in [3.8, 4) is 6.07 Å². The van der Waals surface area contributed by atoms with Gasteiger partial charge >= 0.3 is 11.6 Å². The van der Waals surface area contributed by atoms with E-state index in [1.807, 2.05) is 6.07 Å². The Labute approximate surface area is 125 Å². The van der Waals surface area contributed by atoms with Crippen molar-refractivity contribution in [1.29, 1.82) is 5.26 Å². The minimum Gasteiger partial charge on any atom is -0.452 e. The summed E-state index contributed by atoms with van der Waals surface area (Å²) in [5, 5.41) is 11.3. The number of ether oxygens (including phenoxy) is 1. The van der Waals surface area contributed by atoms with Gasteiger partial charge in [-0.2, -0.15) is 5.26 Å². The summed E-state index contributed by atoms with van der Waals surface area (Å²) in [6.07, 6.45) is 0.161. The van der Waals surface area contributed by atoms with Crippen molar-refractivity contribution < 1.29 is 18.7 Å². The number of hydrogen-bond acceptors (Lipinski definition) is 6. The first kappa shape index (κ1) is 15.3. The van der Waals surface area contributed by atoms with Crippen LogP contribution in [0.2, 0.25) is 0 Å². The van der Waals surface area contributed by atoms with Crippen molar-refractivity contribution >= 4 is 22.8 Å². The second kappa shape index (κ2) is 7.04. The molecule has 0 unspecified atom stereocenters. The van der Waals surface area contributed by atoms with Crippen LogP contribution in [0.4, 0.5) is 0 Å². The molecule has 1 heterocycles. The van der Waals surface area contributed by atoms with Gasteiger partial charge in [-0.3, -0.25) is 4.79 Å². The van der Waals surface area contributed by atoms with E-state index in [9.17, 15) is 14.4 Å². The molecule has 0 bridgehead atoms. The smallest absolute Gasteiger partial charge is 0.351 e. The third-order valence-electron chi connectivity index (χ3n) is 2.75. The summed E-state index contributed by atoms with van der Waals surface area (Å²) in [6, 6.07) is 9.95. The highest BCUT2D eigenvalue weighted by atomic mass is 16.5. The predicted molar refractivity (Wildman–Crippen MR) is 76.0 cm³/mol. The molecule has 1 N–H and O–H groups in total. The fourth-order valence-electron chi connectivity index (χ4n) is 1.72. The van der Waals surface area contributed by atoms with Crippen molar-refractivity contribution in [2.24, 2.45) is 0 Å². The highest BCUT2D eigenvalue weighted by molar-refractivity contribution is 5.94. The Hall–Kier alpha value is -3.14. The molecule has 7 heteroatoms. The van der Waals surface area contributed by atoms with Gasteiger partial charge in [-0.25, -0.2) is 9.59 Å². The molecule has 0 spiro atoms. The van der Waals surface area contributed by atoms with E-state index >= 15 is 0 Å². The molecule has 0 aliphatic rings. The molecular formula is C15H12N2O5. The molecule has 112 valence electrons. The van der Waals surface area contributed by atoms with Gasteiger partial charge in [0.1, 0.15) is 11.1 Å². The van der Waals surface area contributed by atoms with E-state index in [-0.39, 0.29) is 18.5 Å². The zero-order valence-corrected chi connectivity index (χ0v) is 11.5. The summed E-state index contributed by atoms with van der Waals surface area (Å²) in [5.74, 6) is -1.48. The molecular weight excluding hydrogens is 288 g/mol. The monoisotopic (exact) mass is 300 g/mol. The van der Waals surface area contributed by atoms with E-state index in [0.717, 1.165) is 0 Å². The number of esters is 1. The Morgan fingerprint density at radius 3 is 2.86 bits per heavy atom. The van der Waals surface area contributed by atoms with Gasteiger partial charge in [0.15, 0.2) is 6.61 Å². The average molecular weight is 300 g/mol. The predicted octanol–water partition coefficient (Wildman–Crippen LogP) is 0.980. The van der Waals surface area contributed by atoms with Crippen molar-refractivity contribution in [3.63, 3.8) is 0 Å². The molecule has 0 fully saturated rings. The van der Waals surface area contributed by atoms with Gasteiger partial charge in [0.2, 0.25) is 0 Å². The van der Waals surface area contributed by atoms with Gasteiger partial charge in [0, 0.05) is 11.9 Å². The summed E-state index contributed by atoms with van der Waals surface area (Å²) >= 11 is 0. The molecule has 0 aliphatic heterocycles. The largest absolute Gasteiger partial charge is 0.452 e. The van der Waals surface area contributed by atoms with Crippen LogP contribution in [0.1, 0.15) is 16.8 Å². The van der Waals surface area contributed by atoms with Crippen LogP contribution in [-0.4, -0.2) is 25.0 Å². The molecule has 0 radical (unpaired) electrons. The molecule has 22 heavy (non-hydrogen) atoms. The quantitative estimate of drug-likeness (QED) is 0.501. The number of nitrogens with one attached hydrogen (secondary N) is 1. The third-order valence-corrected chi connectivity index (χ3v) is 2.75. The van der Waals surface area contributed by atoms with Crippen LogP contribution in [0.5, 0.6) is 0 Å². The Balaban J connectivity index is 2.04. The molecule has 0 saturated heterocycles. The fourth-order valence-corrected chi connectivity index (χ4v) is 1.72. The van der Waals surface area contributed by atoms with Crippen LogP contribution >= 0.6 is 0 Å². The highest BCUT2D eigenvalue weighted by Crippen LogP contribution is 2.12. The second-order valence-electron chi connectivity index (χ2n) is 4.32. The molecule has 2 rings (SSSR count). The molecule has 7 nitrogen and oxygen atoms in total. The molecule has 1 aromatic heterocycles. The number of fused-ring (bicyclic) bond motifs is 1. The number of benzene rings is 1. The number of nitrogens with zero attached hydrogens (tertiary/aromatic N) is 1. The molecule has 0 aliphatic carbocycles. The Kier molecular flexibility index (Phi) is 4.88. The van der Waals surface area contributed by atoms with E-state index in [4.69, 9.17) is 14.4 Å². The average Bonchev–Trinajstić information content (AvgIpc) is 2.52. The van der Waals surface area contributed by atoms with Crippen molar-refractivity contribution in [1.82, 2.24) is 5.32 Å². The molecule has 1 aromatic carbocycles. The minimum absolute atomic E-state index is 0.161. The van der Waals surface area contributed by atoms with Gasteiger partial charge in [0.25, 0.3) is 5.91 Å². The van der Waals surface area contributed by atoms with Crippen LogP contribution < -0.4 is 10.9 Å². The molecule has 0 saturated carbocycles. The lowest BCUT2D eigenvalue weighted by Crippen LogP contribution is -2.30. The normalized spacial score (nSPS) is 9.95. The van der Waals surface area contributed by atoms with Gasteiger partial charge in [0.05, 0.1) is 12.5 Å². The van der Waals surface area contributed by atoms with Crippen molar-refractivity contribution in [3.05, 3.63) is 46.3 Å². The fraction of sp³-hybridized carbons (Fsp3) is 0.200. The van der Waals surface area contributed by atoms with E-state index in [0.29, 0.717) is 11.0 Å². The maximum Gasteiger partial charge on any atom is 0.351 e. The van der Waals surface area contributed by atoms with E-state index in [1.165, 1.54) is 6.07 Å². The van der Waals surface area contributed by atoms with E-state index in [1.54, 1.807) is 24.3 Å². The summed E-state index contributed by atoms with van der Waals surface area (Å²) in [7, 11) is 0. The Morgan fingerprint density at radius 2 is 2.09 bits per heavy atom. The summed E-state index contributed by atoms with van der Waals surface area (Å²) in [5.41, 5.74) is -0.740. The molecule has 0 atom stereocenters. The van der Waals surface area contributed by atoms with Gasteiger partial charge in [-0.1, -0.05) is 18.2 Å². The van der Waals surface area contributed by atoms with Crippen LogP contribution in [0.25, 0.3) is 11.0 Å². The van der Waals surface area contributed by atoms with Crippen LogP contribution in [-0.2, 0) is 9.53 Å². The van der Waals surface area contributed by atoms with Gasteiger partial charge < -0.3 is 14.5 Å². The Bertz CT molecular complexity index is 803. The zero-order valence-electron chi connectivity index (χ0n) is 11.5. The minimum atomic E-state index is -0.935. The van der Waals surface area contributed by atoms with Gasteiger partial charge in [-0.05, 0) is 12.1 Å². The van der Waals surface area contributed by atoms with Crippen LogP contribution in [0.15, 0.2) is 39.5 Å². The third kappa shape index (κ3) is 3.70. The number of carbonyl (C=O) groups excluding carboxylic acids is 2. The summed E-state index contributed by atoms with van der Waals surface area (Å²) in [4.78, 5) is 34.9. The first-order chi connectivity index (χ1) is 10.6. The maximum absolute atomic E-state index is 11.8. The zero-order chi connectivity index (χ0) is 15.9. The summed E-state index contributed by atoms with van der Waals surface area (Å²) < 4.78 is 9.76. The lowest BCUT2D eigenvalue weighted by atomic mass is 10.2. The second-order valence-corrected chi connectivity index (χ2v) is 4.32. The number of rotatable bonds is 5. The first-order valence-electron chi connectivity index (χ1n) is 6.45. The van der Waals surface area contributed by atoms with Gasteiger partial charge in [-0.15, -0.1) is 0 Å². The van der Waals surface area contributed by atoms with Crippen LogP contribution in [0, 0.1) is 11.3 Å². The lowest BCUT2D eigenvalue weighted by Gasteiger charge is -2.05. The molecule has 2 aromatic rings. The van der Waals surface area contributed by atoms with E-state index in [2.05, 4.69) is 5.32 Å².